The second-order valence-corrected chi connectivity index (χ2v) is 2.94. The number of benzene rings is 1. The van der Waals surface area contributed by atoms with Crippen LogP contribution in [0, 0.1) is 0 Å². The van der Waals surface area contributed by atoms with Crippen molar-refractivity contribution in [2.75, 3.05) is 0 Å². The number of hydrogen-bond donors (Lipinski definition) is 0. The van der Waals surface area contributed by atoms with Gasteiger partial charge in [-0.05, 0) is 25.0 Å². The van der Waals surface area contributed by atoms with E-state index in [1.165, 1.54) is 6.92 Å². The minimum absolute atomic E-state index is 0.00856. The Labute approximate surface area is 77.6 Å². The summed E-state index contributed by atoms with van der Waals surface area (Å²) in [5.41, 5.74) is 2.20. The SMILES string of the molecule is CCc1ccc(C(C)=O)cc1C=O. The number of ketones is 1. The van der Waals surface area contributed by atoms with Crippen LogP contribution in [0.25, 0.3) is 0 Å². The van der Waals surface area contributed by atoms with Crippen LogP contribution in [0.4, 0.5) is 0 Å². The van der Waals surface area contributed by atoms with Crippen LogP contribution in [0.3, 0.4) is 0 Å². The van der Waals surface area contributed by atoms with Crippen LogP contribution < -0.4 is 0 Å². The van der Waals surface area contributed by atoms with Crippen molar-refractivity contribution >= 4 is 12.1 Å². The third-order valence-electron chi connectivity index (χ3n) is 2.06. The normalized spacial score (nSPS) is 9.69. The summed E-state index contributed by atoms with van der Waals surface area (Å²) in [5.74, 6) is -0.00856. The lowest BCUT2D eigenvalue weighted by atomic mass is 10.0. The molecule has 0 fully saturated rings. The second-order valence-electron chi connectivity index (χ2n) is 2.94. The summed E-state index contributed by atoms with van der Waals surface area (Å²) < 4.78 is 0. The fraction of sp³-hybridized carbons (Fsp3) is 0.273. The maximum absolute atomic E-state index is 11.0. The lowest BCUT2D eigenvalue weighted by Crippen LogP contribution is -1.97. The zero-order chi connectivity index (χ0) is 9.84. The van der Waals surface area contributed by atoms with Gasteiger partial charge in [0.2, 0.25) is 0 Å². The maximum atomic E-state index is 11.0. The number of carbonyl (C=O) groups is 2. The van der Waals surface area contributed by atoms with Gasteiger partial charge in [0.25, 0.3) is 0 Å². The van der Waals surface area contributed by atoms with E-state index in [1.54, 1.807) is 12.1 Å². The average Bonchev–Trinajstić information content (AvgIpc) is 2.16. The molecular formula is C11H12O2. The van der Waals surface area contributed by atoms with E-state index in [1.807, 2.05) is 13.0 Å². The van der Waals surface area contributed by atoms with E-state index in [9.17, 15) is 9.59 Å². The molecule has 0 aliphatic rings. The summed E-state index contributed by atoms with van der Waals surface area (Å²) in [4.78, 5) is 21.6. The number of hydrogen-bond acceptors (Lipinski definition) is 2. The van der Waals surface area contributed by atoms with Crippen molar-refractivity contribution in [3.8, 4) is 0 Å². The number of aldehydes is 1. The molecule has 1 aromatic rings. The van der Waals surface area contributed by atoms with Crippen LogP contribution in [0.2, 0.25) is 0 Å². The van der Waals surface area contributed by atoms with Crippen LogP contribution in [0.1, 0.15) is 40.1 Å². The topological polar surface area (TPSA) is 34.1 Å². The summed E-state index contributed by atoms with van der Waals surface area (Å²) in [7, 11) is 0. The highest BCUT2D eigenvalue weighted by atomic mass is 16.1. The first-order valence-electron chi connectivity index (χ1n) is 4.28. The zero-order valence-corrected chi connectivity index (χ0v) is 7.83. The highest BCUT2D eigenvalue weighted by Gasteiger charge is 2.03. The molecule has 0 saturated heterocycles. The molecule has 0 amide bonds. The van der Waals surface area contributed by atoms with Gasteiger partial charge in [-0.2, -0.15) is 0 Å². The molecule has 13 heavy (non-hydrogen) atoms. The van der Waals surface area contributed by atoms with Gasteiger partial charge in [0.1, 0.15) is 6.29 Å². The summed E-state index contributed by atoms with van der Waals surface area (Å²) in [6.45, 7) is 3.48. The first-order valence-corrected chi connectivity index (χ1v) is 4.28. The molecule has 0 heterocycles. The van der Waals surface area contributed by atoms with Gasteiger partial charge in [0.15, 0.2) is 5.78 Å². The summed E-state index contributed by atoms with van der Waals surface area (Å²) in [6.07, 6.45) is 1.61. The fourth-order valence-electron chi connectivity index (χ4n) is 1.25. The molecule has 0 aromatic heterocycles. The number of aryl methyl sites for hydroxylation is 1. The Morgan fingerprint density at radius 1 is 1.46 bits per heavy atom. The van der Waals surface area contributed by atoms with Gasteiger partial charge in [-0.3, -0.25) is 9.59 Å². The minimum Gasteiger partial charge on any atom is -0.298 e. The van der Waals surface area contributed by atoms with Crippen LogP contribution in [0.5, 0.6) is 0 Å². The lowest BCUT2D eigenvalue weighted by Gasteiger charge is -2.02. The molecule has 0 aliphatic carbocycles. The maximum Gasteiger partial charge on any atom is 0.159 e. The van der Waals surface area contributed by atoms with Crippen molar-refractivity contribution in [2.24, 2.45) is 0 Å². The van der Waals surface area contributed by atoms with E-state index < -0.39 is 0 Å². The Bertz CT molecular complexity index is 340. The molecule has 0 radical (unpaired) electrons. The average molecular weight is 176 g/mol. The predicted molar refractivity (Wildman–Crippen MR) is 51.2 cm³/mol. The van der Waals surface area contributed by atoms with Crippen LogP contribution in [-0.4, -0.2) is 12.1 Å². The molecule has 68 valence electrons. The summed E-state index contributed by atoms with van der Waals surface area (Å²) in [6, 6.07) is 5.24. The molecule has 1 rings (SSSR count). The number of Topliss-reactive ketones (excluding diaryl/α,β-unsaturated/α-hetero) is 1. The van der Waals surface area contributed by atoms with E-state index in [0.717, 1.165) is 18.3 Å². The fourth-order valence-corrected chi connectivity index (χ4v) is 1.25. The second kappa shape index (κ2) is 3.99. The third kappa shape index (κ3) is 2.02. The Kier molecular flexibility index (Phi) is 2.96. The van der Waals surface area contributed by atoms with Crippen LogP contribution >= 0.6 is 0 Å². The van der Waals surface area contributed by atoms with Crippen molar-refractivity contribution in [3.63, 3.8) is 0 Å². The molecule has 0 bridgehead atoms. The molecule has 1 aromatic carbocycles. The van der Waals surface area contributed by atoms with Gasteiger partial charge in [0, 0.05) is 11.1 Å². The highest BCUT2D eigenvalue weighted by Crippen LogP contribution is 2.11. The Morgan fingerprint density at radius 2 is 2.15 bits per heavy atom. The van der Waals surface area contributed by atoms with Crippen molar-refractivity contribution in [1.82, 2.24) is 0 Å². The largest absolute Gasteiger partial charge is 0.298 e. The summed E-state index contributed by atoms with van der Waals surface area (Å²) in [5, 5.41) is 0. The molecule has 2 nitrogen and oxygen atoms in total. The molecule has 0 aliphatic heterocycles. The van der Waals surface area contributed by atoms with Crippen molar-refractivity contribution in [2.45, 2.75) is 20.3 Å². The molecular weight excluding hydrogens is 164 g/mol. The Balaban J connectivity index is 3.20. The van der Waals surface area contributed by atoms with E-state index in [-0.39, 0.29) is 5.78 Å². The lowest BCUT2D eigenvalue weighted by molar-refractivity contribution is 0.101. The molecule has 0 saturated carbocycles. The first-order chi connectivity index (χ1) is 6.19. The van der Waals surface area contributed by atoms with Gasteiger partial charge in [-0.25, -0.2) is 0 Å². The third-order valence-corrected chi connectivity index (χ3v) is 2.06. The van der Waals surface area contributed by atoms with Crippen LogP contribution in [0.15, 0.2) is 18.2 Å². The van der Waals surface area contributed by atoms with E-state index in [0.29, 0.717) is 11.1 Å². The van der Waals surface area contributed by atoms with Crippen molar-refractivity contribution < 1.29 is 9.59 Å². The van der Waals surface area contributed by atoms with Crippen molar-refractivity contribution in [1.29, 1.82) is 0 Å². The van der Waals surface area contributed by atoms with Gasteiger partial charge in [-0.15, -0.1) is 0 Å². The minimum atomic E-state index is -0.00856. The van der Waals surface area contributed by atoms with Gasteiger partial charge < -0.3 is 0 Å². The zero-order valence-electron chi connectivity index (χ0n) is 7.83. The van der Waals surface area contributed by atoms with Gasteiger partial charge in [-0.1, -0.05) is 19.1 Å². The molecule has 0 spiro atoms. The van der Waals surface area contributed by atoms with E-state index in [2.05, 4.69) is 0 Å². The molecule has 0 unspecified atom stereocenters. The first kappa shape index (κ1) is 9.65. The number of rotatable bonds is 3. The van der Waals surface area contributed by atoms with Crippen LogP contribution in [-0.2, 0) is 6.42 Å². The smallest absolute Gasteiger partial charge is 0.159 e. The molecule has 0 atom stereocenters. The Morgan fingerprint density at radius 3 is 2.62 bits per heavy atom. The molecule has 2 heteroatoms. The predicted octanol–water partition coefficient (Wildman–Crippen LogP) is 2.26. The van der Waals surface area contributed by atoms with Crippen molar-refractivity contribution in [3.05, 3.63) is 34.9 Å². The van der Waals surface area contributed by atoms with E-state index in [4.69, 9.17) is 0 Å². The Hall–Kier alpha value is -1.44. The summed E-state index contributed by atoms with van der Waals surface area (Å²) >= 11 is 0. The quantitative estimate of drug-likeness (QED) is 0.523. The highest BCUT2D eigenvalue weighted by molar-refractivity contribution is 5.96. The standard InChI is InChI=1S/C11H12O2/c1-3-9-4-5-10(8(2)13)6-11(9)7-12/h4-7H,3H2,1-2H3. The molecule has 0 N–H and O–H groups in total. The van der Waals surface area contributed by atoms with Gasteiger partial charge >= 0.3 is 0 Å². The van der Waals surface area contributed by atoms with Gasteiger partial charge in [0.05, 0.1) is 0 Å². The number of carbonyl (C=O) groups excluding carboxylic acids is 2. The van der Waals surface area contributed by atoms with E-state index >= 15 is 0 Å². The monoisotopic (exact) mass is 176 g/mol.